The number of hydrogen-bond donors (Lipinski definition) is 5. The van der Waals surface area contributed by atoms with Gasteiger partial charge in [-0.1, -0.05) is 0 Å². The van der Waals surface area contributed by atoms with E-state index in [1.165, 1.54) is 0 Å². The molecule has 8 nitrogen and oxygen atoms in total. The van der Waals surface area contributed by atoms with Crippen LogP contribution in [0.25, 0.3) is 0 Å². The Balaban J connectivity index is 2.22. The molecular formula is C10H21N5O3. The Morgan fingerprint density at radius 3 is 2.44 bits per heavy atom. The van der Waals surface area contributed by atoms with Crippen molar-refractivity contribution in [2.24, 2.45) is 5.73 Å². The van der Waals surface area contributed by atoms with Gasteiger partial charge in [-0.25, -0.2) is 0 Å². The van der Waals surface area contributed by atoms with Crippen molar-refractivity contribution in [3.8, 4) is 0 Å². The molecule has 1 atom stereocenters. The number of aliphatic hydroxyl groups excluding tert-OH is 2. The molecule has 2 aliphatic rings. The molecule has 104 valence electrons. The molecule has 2 fully saturated rings. The van der Waals surface area contributed by atoms with Gasteiger partial charge in [0.1, 0.15) is 6.04 Å². The van der Waals surface area contributed by atoms with Crippen molar-refractivity contribution in [2.75, 3.05) is 39.4 Å². The minimum atomic E-state index is -0.904. The van der Waals surface area contributed by atoms with Crippen LogP contribution in [0.4, 0.5) is 0 Å². The molecule has 1 unspecified atom stereocenters. The van der Waals surface area contributed by atoms with Gasteiger partial charge in [0.05, 0.1) is 13.2 Å². The van der Waals surface area contributed by atoms with Crippen LogP contribution in [0.15, 0.2) is 0 Å². The lowest BCUT2D eigenvalue weighted by Gasteiger charge is -2.40. The zero-order valence-corrected chi connectivity index (χ0v) is 10.3. The van der Waals surface area contributed by atoms with Gasteiger partial charge in [0.2, 0.25) is 0 Å². The second-order valence-electron chi connectivity index (χ2n) is 4.48. The van der Waals surface area contributed by atoms with Crippen molar-refractivity contribution in [1.29, 1.82) is 0 Å². The lowest BCUT2D eigenvalue weighted by Crippen LogP contribution is -2.73. The molecule has 2 aliphatic heterocycles. The number of hydrazine groups is 1. The van der Waals surface area contributed by atoms with E-state index in [9.17, 15) is 4.79 Å². The number of amides is 1. The van der Waals surface area contributed by atoms with Crippen LogP contribution >= 0.6 is 0 Å². The molecule has 18 heavy (non-hydrogen) atoms. The fourth-order valence-electron chi connectivity index (χ4n) is 2.67. The van der Waals surface area contributed by atoms with Crippen molar-refractivity contribution in [1.82, 2.24) is 20.7 Å². The Labute approximate surface area is 106 Å². The molecular weight excluding hydrogens is 238 g/mol. The lowest BCUT2D eigenvalue weighted by atomic mass is 10.1. The Kier molecular flexibility index (Phi) is 4.15. The van der Waals surface area contributed by atoms with E-state index in [1.54, 1.807) is 5.01 Å². The normalized spacial score (nSPS) is 26.9. The molecule has 0 radical (unpaired) electrons. The minimum Gasteiger partial charge on any atom is -0.395 e. The molecule has 2 heterocycles. The van der Waals surface area contributed by atoms with E-state index in [2.05, 4.69) is 10.6 Å². The van der Waals surface area contributed by atoms with Crippen LogP contribution in [0.3, 0.4) is 0 Å². The van der Waals surface area contributed by atoms with Crippen LogP contribution in [0.1, 0.15) is 6.42 Å². The topological polar surface area (TPSA) is 114 Å². The standard InChI is InChI=1S/C10H21N5O3/c11-8-9(18)14-4-1-5-15(14)10(8,12-2-6-16)13-3-7-17/h8,12-13,16-17H,1-7,11H2. The fourth-order valence-corrected chi connectivity index (χ4v) is 2.67. The second-order valence-corrected chi connectivity index (χ2v) is 4.48. The molecule has 0 aromatic heterocycles. The lowest BCUT2D eigenvalue weighted by molar-refractivity contribution is -0.136. The third-order valence-electron chi connectivity index (χ3n) is 3.42. The summed E-state index contributed by atoms with van der Waals surface area (Å²) in [6, 6.07) is -0.754. The maximum Gasteiger partial charge on any atom is 0.258 e. The average molecular weight is 259 g/mol. The van der Waals surface area contributed by atoms with E-state index < -0.39 is 11.8 Å². The van der Waals surface area contributed by atoms with Crippen LogP contribution < -0.4 is 16.4 Å². The summed E-state index contributed by atoms with van der Waals surface area (Å²) in [5, 5.41) is 27.6. The summed E-state index contributed by atoms with van der Waals surface area (Å²) >= 11 is 0. The maximum absolute atomic E-state index is 12.1. The number of fused-ring (bicyclic) bond motifs is 1. The van der Waals surface area contributed by atoms with Crippen LogP contribution in [0, 0.1) is 0 Å². The molecule has 2 saturated heterocycles. The van der Waals surface area contributed by atoms with E-state index in [1.807, 2.05) is 5.01 Å². The summed E-state index contributed by atoms with van der Waals surface area (Å²) in [6.07, 6.45) is 0.891. The first-order valence-corrected chi connectivity index (χ1v) is 6.23. The monoisotopic (exact) mass is 259 g/mol. The molecule has 2 rings (SSSR count). The van der Waals surface area contributed by atoms with Gasteiger partial charge in [0.25, 0.3) is 5.91 Å². The Morgan fingerprint density at radius 2 is 1.89 bits per heavy atom. The van der Waals surface area contributed by atoms with Gasteiger partial charge in [-0.3, -0.25) is 20.4 Å². The number of nitrogens with one attached hydrogen (secondary N) is 2. The molecule has 8 heteroatoms. The SMILES string of the molecule is NC1C(=O)N2CCCN2C1(NCCO)NCCO. The fraction of sp³-hybridized carbons (Fsp3) is 0.900. The highest BCUT2D eigenvalue weighted by Crippen LogP contribution is 2.29. The van der Waals surface area contributed by atoms with Gasteiger partial charge in [0, 0.05) is 26.2 Å². The highest BCUT2D eigenvalue weighted by Gasteiger charge is 2.57. The van der Waals surface area contributed by atoms with E-state index in [0.717, 1.165) is 13.0 Å². The smallest absolute Gasteiger partial charge is 0.258 e. The molecule has 0 aliphatic carbocycles. The van der Waals surface area contributed by atoms with Gasteiger partial charge < -0.3 is 15.9 Å². The molecule has 0 aromatic rings. The van der Waals surface area contributed by atoms with E-state index in [4.69, 9.17) is 15.9 Å². The van der Waals surface area contributed by atoms with Crippen LogP contribution in [0.5, 0.6) is 0 Å². The highest BCUT2D eigenvalue weighted by molar-refractivity contribution is 5.85. The second kappa shape index (κ2) is 5.47. The summed E-state index contributed by atoms with van der Waals surface area (Å²) in [5.74, 6) is -1.04. The number of carbonyl (C=O) groups is 1. The first-order chi connectivity index (χ1) is 8.67. The molecule has 0 bridgehead atoms. The average Bonchev–Trinajstić information content (AvgIpc) is 2.93. The summed E-state index contributed by atoms with van der Waals surface area (Å²) < 4.78 is 0. The minimum absolute atomic E-state index is 0.0443. The van der Waals surface area contributed by atoms with Crippen LogP contribution in [0.2, 0.25) is 0 Å². The summed E-state index contributed by atoms with van der Waals surface area (Å²) in [7, 11) is 0. The number of rotatable bonds is 6. The maximum atomic E-state index is 12.1. The Morgan fingerprint density at radius 1 is 1.28 bits per heavy atom. The zero-order valence-electron chi connectivity index (χ0n) is 10.3. The summed E-state index contributed by atoms with van der Waals surface area (Å²) in [6.45, 7) is 1.94. The van der Waals surface area contributed by atoms with Gasteiger partial charge in [-0.15, -0.1) is 0 Å². The van der Waals surface area contributed by atoms with E-state index in [-0.39, 0.29) is 19.1 Å². The summed E-state index contributed by atoms with van der Waals surface area (Å²) in [5.41, 5.74) is 6.01. The van der Waals surface area contributed by atoms with Crippen molar-refractivity contribution < 1.29 is 15.0 Å². The number of nitrogens with two attached hydrogens (primary N) is 1. The van der Waals surface area contributed by atoms with Gasteiger partial charge >= 0.3 is 0 Å². The van der Waals surface area contributed by atoms with Gasteiger partial charge in [-0.2, -0.15) is 5.01 Å². The first-order valence-electron chi connectivity index (χ1n) is 6.23. The third-order valence-corrected chi connectivity index (χ3v) is 3.42. The summed E-state index contributed by atoms with van der Waals surface area (Å²) in [4.78, 5) is 12.1. The van der Waals surface area contributed by atoms with Crippen LogP contribution in [-0.2, 0) is 4.79 Å². The van der Waals surface area contributed by atoms with Gasteiger partial charge in [-0.05, 0) is 6.42 Å². The van der Waals surface area contributed by atoms with Crippen molar-refractivity contribution >= 4 is 5.91 Å². The molecule has 0 saturated carbocycles. The number of nitrogens with zero attached hydrogens (tertiary/aromatic N) is 2. The predicted molar refractivity (Wildman–Crippen MR) is 63.9 cm³/mol. The van der Waals surface area contributed by atoms with Crippen molar-refractivity contribution in [2.45, 2.75) is 18.2 Å². The van der Waals surface area contributed by atoms with Crippen molar-refractivity contribution in [3.05, 3.63) is 0 Å². The zero-order chi connectivity index (χ0) is 13.2. The Bertz CT molecular complexity index is 306. The molecule has 0 spiro atoms. The number of carbonyl (C=O) groups excluding carboxylic acids is 1. The predicted octanol–water partition coefficient (Wildman–Crippen LogP) is -3.41. The van der Waals surface area contributed by atoms with Crippen LogP contribution in [-0.4, -0.2) is 77.4 Å². The molecule has 1 amide bonds. The quantitative estimate of drug-likeness (QED) is 0.316. The molecule has 0 aromatic carbocycles. The highest BCUT2D eigenvalue weighted by atomic mass is 16.3. The van der Waals surface area contributed by atoms with E-state index in [0.29, 0.717) is 19.6 Å². The molecule has 6 N–H and O–H groups in total. The number of aliphatic hydroxyl groups is 2. The third kappa shape index (κ3) is 2.00. The van der Waals surface area contributed by atoms with Gasteiger partial charge in [0.15, 0.2) is 5.79 Å². The van der Waals surface area contributed by atoms with E-state index >= 15 is 0 Å². The Hall–Kier alpha value is -0.770. The number of hydrogen-bond acceptors (Lipinski definition) is 7. The largest absolute Gasteiger partial charge is 0.395 e. The first kappa shape index (κ1) is 13.7. The van der Waals surface area contributed by atoms with Crippen molar-refractivity contribution in [3.63, 3.8) is 0 Å².